The molecule has 1 amide bonds. The van der Waals surface area contributed by atoms with Crippen molar-refractivity contribution in [2.24, 2.45) is 0 Å². The number of ketones is 1. The minimum absolute atomic E-state index is 0.0922. The van der Waals surface area contributed by atoms with Gasteiger partial charge in [-0.2, -0.15) is 5.10 Å². The van der Waals surface area contributed by atoms with Crippen LogP contribution in [0.5, 0.6) is 0 Å². The Kier molecular flexibility index (Phi) is 6.60. The number of carbonyl (C=O) groups is 2. The minimum Gasteiger partial charge on any atom is -0.324 e. The zero-order valence-corrected chi connectivity index (χ0v) is 18.0. The molecule has 0 saturated heterocycles. The Morgan fingerprint density at radius 3 is 2.42 bits per heavy atom. The van der Waals surface area contributed by atoms with Crippen LogP contribution in [0.3, 0.4) is 0 Å². The lowest BCUT2D eigenvalue weighted by Crippen LogP contribution is -2.14. The molecule has 0 saturated carbocycles. The molecular weight excluding hydrogens is 448 g/mol. The Morgan fingerprint density at radius 1 is 0.909 bits per heavy atom. The van der Waals surface area contributed by atoms with E-state index in [2.05, 4.69) is 10.4 Å². The minimum atomic E-state index is -0.728. The molecule has 0 spiro atoms. The van der Waals surface area contributed by atoms with Crippen molar-refractivity contribution < 1.29 is 18.4 Å². The van der Waals surface area contributed by atoms with E-state index in [4.69, 9.17) is 11.6 Å². The molecule has 5 nitrogen and oxygen atoms in total. The number of hydrogen-bond acceptors (Lipinski definition) is 3. The number of benzene rings is 3. The van der Waals surface area contributed by atoms with E-state index in [0.717, 1.165) is 18.2 Å². The highest BCUT2D eigenvalue weighted by atomic mass is 35.5. The Balaban J connectivity index is 1.45. The third kappa shape index (κ3) is 5.70. The zero-order valence-electron chi connectivity index (χ0n) is 17.3. The zero-order chi connectivity index (χ0) is 23.4. The fraction of sp³-hybridized carbons (Fsp3) is 0.0800. The fourth-order valence-corrected chi connectivity index (χ4v) is 3.54. The highest BCUT2D eigenvalue weighted by Gasteiger charge is 2.12. The molecule has 166 valence electrons. The summed E-state index contributed by atoms with van der Waals surface area (Å²) in [5.74, 6) is -1.98. The fourth-order valence-electron chi connectivity index (χ4n) is 3.36. The third-order valence-electron chi connectivity index (χ3n) is 4.87. The van der Waals surface area contributed by atoms with Crippen LogP contribution in [0.1, 0.15) is 21.5 Å². The predicted molar refractivity (Wildman–Crippen MR) is 122 cm³/mol. The lowest BCUT2D eigenvalue weighted by molar-refractivity contribution is -0.115. The Morgan fingerprint density at radius 2 is 1.67 bits per heavy atom. The summed E-state index contributed by atoms with van der Waals surface area (Å²) in [4.78, 5) is 25.0. The standard InChI is InChI=1S/C25H18ClF2N3O2/c26-22-6-1-2-7-23(22)30-25(33)11-17-14-29-31(15-17)21-5-3-4-18(12-21)24(32)10-16-8-19(27)13-20(28)9-16/h1-9,12-15H,10-11H2,(H,30,33). The van der Waals surface area contributed by atoms with E-state index in [1.807, 2.05) is 0 Å². The van der Waals surface area contributed by atoms with Gasteiger partial charge in [0.05, 0.1) is 29.0 Å². The van der Waals surface area contributed by atoms with Crippen LogP contribution in [0.4, 0.5) is 14.5 Å². The van der Waals surface area contributed by atoms with Crippen molar-refractivity contribution in [3.63, 3.8) is 0 Å². The summed E-state index contributed by atoms with van der Waals surface area (Å²) >= 11 is 6.07. The number of hydrogen-bond donors (Lipinski definition) is 1. The topological polar surface area (TPSA) is 64.0 Å². The van der Waals surface area contributed by atoms with Gasteiger partial charge in [-0.25, -0.2) is 13.5 Å². The molecule has 0 atom stereocenters. The van der Waals surface area contributed by atoms with Gasteiger partial charge in [-0.05, 0) is 47.5 Å². The van der Waals surface area contributed by atoms with Gasteiger partial charge in [0, 0.05) is 24.2 Å². The van der Waals surface area contributed by atoms with Gasteiger partial charge in [-0.15, -0.1) is 0 Å². The van der Waals surface area contributed by atoms with Crippen molar-refractivity contribution in [3.8, 4) is 5.69 Å². The monoisotopic (exact) mass is 465 g/mol. The average molecular weight is 466 g/mol. The molecule has 3 aromatic carbocycles. The first kappa shape index (κ1) is 22.4. The average Bonchev–Trinajstić information content (AvgIpc) is 3.23. The second-order valence-corrected chi connectivity index (χ2v) is 7.83. The van der Waals surface area contributed by atoms with Crippen molar-refractivity contribution in [1.29, 1.82) is 0 Å². The first-order valence-corrected chi connectivity index (χ1v) is 10.4. The second kappa shape index (κ2) is 9.75. The quantitative estimate of drug-likeness (QED) is 0.371. The van der Waals surface area contributed by atoms with Crippen LogP contribution >= 0.6 is 11.6 Å². The largest absolute Gasteiger partial charge is 0.324 e. The number of nitrogens with one attached hydrogen (secondary N) is 1. The van der Waals surface area contributed by atoms with Crippen LogP contribution in [0.2, 0.25) is 5.02 Å². The number of halogens is 3. The van der Waals surface area contributed by atoms with E-state index < -0.39 is 11.6 Å². The predicted octanol–water partition coefficient (Wildman–Crippen LogP) is 5.41. The molecule has 8 heteroatoms. The van der Waals surface area contributed by atoms with Gasteiger partial charge in [0.15, 0.2) is 5.78 Å². The SMILES string of the molecule is O=C(Cc1cnn(-c2cccc(C(=O)Cc3cc(F)cc(F)c3)c2)c1)Nc1ccccc1Cl. The molecule has 0 unspecified atom stereocenters. The van der Waals surface area contributed by atoms with Crippen molar-refractivity contribution in [1.82, 2.24) is 9.78 Å². The molecule has 1 N–H and O–H groups in total. The molecule has 33 heavy (non-hydrogen) atoms. The van der Waals surface area contributed by atoms with Crippen LogP contribution in [0, 0.1) is 11.6 Å². The number of para-hydroxylation sites is 1. The van der Waals surface area contributed by atoms with E-state index in [9.17, 15) is 18.4 Å². The van der Waals surface area contributed by atoms with Gasteiger partial charge < -0.3 is 5.32 Å². The maximum Gasteiger partial charge on any atom is 0.228 e. The van der Waals surface area contributed by atoms with Crippen LogP contribution < -0.4 is 5.32 Å². The smallest absolute Gasteiger partial charge is 0.228 e. The first-order valence-electron chi connectivity index (χ1n) is 10.0. The molecule has 0 fully saturated rings. The van der Waals surface area contributed by atoms with E-state index in [0.29, 0.717) is 27.5 Å². The number of amides is 1. The molecule has 4 rings (SSSR count). The van der Waals surface area contributed by atoms with E-state index in [1.54, 1.807) is 65.6 Å². The molecule has 0 bridgehead atoms. The summed E-state index contributed by atoms with van der Waals surface area (Å²) in [5.41, 5.74) is 2.45. The molecule has 0 radical (unpaired) electrons. The van der Waals surface area contributed by atoms with Gasteiger partial charge in [-0.1, -0.05) is 35.9 Å². The van der Waals surface area contributed by atoms with Gasteiger partial charge in [0.1, 0.15) is 11.6 Å². The first-order chi connectivity index (χ1) is 15.9. The number of anilines is 1. The maximum absolute atomic E-state index is 13.4. The van der Waals surface area contributed by atoms with Gasteiger partial charge in [0.2, 0.25) is 5.91 Å². The Bertz CT molecular complexity index is 1320. The highest BCUT2D eigenvalue weighted by molar-refractivity contribution is 6.33. The van der Waals surface area contributed by atoms with E-state index >= 15 is 0 Å². The van der Waals surface area contributed by atoms with Crippen molar-refractivity contribution >= 4 is 29.0 Å². The summed E-state index contributed by atoms with van der Waals surface area (Å²) in [6.07, 6.45) is 3.22. The number of Topliss-reactive ketones (excluding diaryl/α,β-unsaturated/α-hetero) is 1. The molecule has 0 aliphatic rings. The maximum atomic E-state index is 13.4. The molecule has 4 aromatic rings. The lowest BCUT2D eigenvalue weighted by atomic mass is 10.0. The summed E-state index contributed by atoms with van der Waals surface area (Å²) in [6, 6.07) is 16.7. The number of rotatable bonds is 7. The van der Waals surface area contributed by atoms with Crippen LogP contribution in [-0.2, 0) is 17.6 Å². The summed E-state index contributed by atoms with van der Waals surface area (Å²) in [6.45, 7) is 0. The summed E-state index contributed by atoms with van der Waals surface area (Å²) in [7, 11) is 0. The van der Waals surface area contributed by atoms with Crippen molar-refractivity contribution in [2.75, 3.05) is 5.32 Å². The number of carbonyl (C=O) groups excluding carboxylic acids is 2. The van der Waals surface area contributed by atoms with E-state index in [1.165, 1.54) is 0 Å². The van der Waals surface area contributed by atoms with Crippen molar-refractivity contribution in [3.05, 3.63) is 112 Å². The molecule has 1 heterocycles. The van der Waals surface area contributed by atoms with E-state index in [-0.39, 0.29) is 30.1 Å². The Hall–Kier alpha value is -3.84. The number of aromatic nitrogens is 2. The van der Waals surface area contributed by atoms with Crippen LogP contribution in [0.15, 0.2) is 79.1 Å². The summed E-state index contributed by atoms with van der Waals surface area (Å²) in [5, 5.41) is 7.48. The van der Waals surface area contributed by atoms with Gasteiger partial charge in [-0.3, -0.25) is 9.59 Å². The number of nitrogens with zero attached hydrogens (tertiary/aromatic N) is 2. The summed E-state index contributed by atoms with van der Waals surface area (Å²) < 4.78 is 28.4. The van der Waals surface area contributed by atoms with Crippen LogP contribution in [0.25, 0.3) is 5.69 Å². The normalized spacial score (nSPS) is 10.8. The highest BCUT2D eigenvalue weighted by Crippen LogP contribution is 2.21. The van der Waals surface area contributed by atoms with Crippen LogP contribution in [-0.4, -0.2) is 21.5 Å². The molecule has 0 aliphatic carbocycles. The van der Waals surface area contributed by atoms with Crippen molar-refractivity contribution in [2.45, 2.75) is 12.8 Å². The molecule has 0 aliphatic heterocycles. The molecular formula is C25H18ClF2N3O2. The molecule has 1 aromatic heterocycles. The van der Waals surface area contributed by atoms with Gasteiger partial charge >= 0.3 is 0 Å². The third-order valence-corrected chi connectivity index (χ3v) is 5.20. The lowest BCUT2D eigenvalue weighted by Gasteiger charge is -2.06. The second-order valence-electron chi connectivity index (χ2n) is 7.43. The Labute approximate surface area is 193 Å². The van der Waals surface area contributed by atoms with Gasteiger partial charge in [0.25, 0.3) is 0 Å².